The summed E-state index contributed by atoms with van der Waals surface area (Å²) in [6, 6.07) is 24.7. The molecule has 0 aliphatic heterocycles. The Morgan fingerprint density at radius 1 is 1.00 bits per heavy atom. The smallest absolute Gasteiger partial charge is 0.293 e. The summed E-state index contributed by atoms with van der Waals surface area (Å²) in [5.74, 6) is 1.16. The number of hydrogen-bond donors (Lipinski definition) is 1. The van der Waals surface area contributed by atoms with Crippen LogP contribution in [0.3, 0.4) is 0 Å². The van der Waals surface area contributed by atoms with E-state index in [9.17, 15) is 4.79 Å². The number of amides is 1. The number of carbonyl (C=O) groups is 1. The van der Waals surface area contributed by atoms with Crippen molar-refractivity contribution in [1.82, 2.24) is 14.8 Å². The molecule has 5 aromatic rings. The maximum absolute atomic E-state index is 12.5. The molecular weight excluding hydrogens is 440 g/mol. The first-order valence-electron chi connectivity index (χ1n) is 10.3. The summed E-state index contributed by atoms with van der Waals surface area (Å²) in [6.07, 6.45) is 1.54. The summed E-state index contributed by atoms with van der Waals surface area (Å²) in [5, 5.41) is 9.80. The first-order valence-corrected chi connectivity index (χ1v) is 10.7. The zero-order valence-electron chi connectivity index (χ0n) is 17.4. The fourth-order valence-electron chi connectivity index (χ4n) is 3.40. The van der Waals surface area contributed by atoms with E-state index in [1.807, 2.05) is 66.7 Å². The van der Waals surface area contributed by atoms with Gasteiger partial charge in [0, 0.05) is 5.02 Å². The van der Waals surface area contributed by atoms with E-state index >= 15 is 0 Å². The number of aromatic nitrogens is 3. The molecule has 0 spiro atoms. The summed E-state index contributed by atoms with van der Waals surface area (Å²) in [4.78, 5) is 16.6. The molecule has 1 N–H and O–H groups in total. The van der Waals surface area contributed by atoms with Crippen LogP contribution in [0.25, 0.3) is 10.8 Å². The van der Waals surface area contributed by atoms with Gasteiger partial charge in [-0.15, -0.1) is 5.10 Å². The van der Waals surface area contributed by atoms with Gasteiger partial charge in [0.05, 0.1) is 6.54 Å². The molecule has 0 fully saturated rings. The maximum Gasteiger partial charge on any atom is 0.293 e. The fraction of sp³-hybridized carbons (Fsp3) is 0.0800. The first kappa shape index (κ1) is 20.8. The number of anilines is 1. The van der Waals surface area contributed by atoms with Gasteiger partial charge < -0.3 is 9.15 Å². The number of ether oxygens (including phenoxy) is 1. The monoisotopic (exact) mass is 458 g/mol. The van der Waals surface area contributed by atoms with Crippen LogP contribution >= 0.6 is 11.6 Å². The third-order valence-electron chi connectivity index (χ3n) is 4.98. The number of benzene rings is 3. The van der Waals surface area contributed by atoms with Gasteiger partial charge in [-0.2, -0.15) is 0 Å². The number of carbonyl (C=O) groups excluding carboxylic acids is 1. The van der Waals surface area contributed by atoms with Gasteiger partial charge in [-0.25, -0.2) is 9.67 Å². The molecule has 1 amide bonds. The van der Waals surface area contributed by atoms with Crippen molar-refractivity contribution < 1.29 is 13.9 Å². The highest BCUT2D eigenvalue weighted by Crippen LogP contribution is 2.22. The first-order chi connectivity index (χ1) is 16.1. The molecule has 2 aromatic heterocycles. The Labute approximate surface area is 194 Å². The van der Waals surface area contributed by atoms with E-state index in [1.165, 1.54) is 0 Å². The van der Waals surface area contributed by atoms with Gasteiger partial charge in [0.1, 0.15) is 24.4 Å². The number of nitrogens with zero attached hydrogens (tertiary/aromatic N) is 3. The lowest BCUT2D eigenvalue weighted by Crippen LogP contribution is -2.12. The summed E-state index contributed by atoms with van der Waals surface area (Å²) in [6.45, 7) is 0.693. The Morgan fingerprint density at radius 3 is 2.76 bits per heavy atom. The van der Waals surface area contributed by atoms with E-state index < -0.39 is 5.91 Å². The fourth-order valence-corrected chi connectivity index (χ4v) is 3.62. The SMILES string of the molecule is O=C(Nc1ncn(Cc2cccc(Cl)c2)n1)c1ccc(COc2ccc3ccccc3c2)o1. The molecule has 0 unspecified atom stereocenters. The molecule has 33 heavy (non-hydrogen) atoms. The summed E-state index contributed by atoms with van der Waals surface area (Å²) in [7, 11) is 0. The van der Waals surface area contributed by atoms with Crippen molar-refractivity contribution in [3.05, 3.63) is 107 Å². The van der Waals surface area contributed by atoms with E-state index in [0.29, 0.717) is 17.3 Å². The van der Waals surface area contributed by atoms with E-state index in [-0.39, 0.29) is 18.3 Å². The van der Waals surface area contributed by atoms with Gasteiger partial charge in [-0.3, -0.25) is 10.1 Å². The second-order valence-electron chi connectivity index (χ2n) is 7.41. The summed E-state index contributed by atoms with van der Waals surface area (Å²) < 4.78 is 13.1. The van der Waals surface area contributed by atoms with Crippen LogP contribution in [-0.2, 0) is 13.2 Å². The Hall–Kier alpha value is -4.10. The quantitative estimate of drug-likeness (QED) is 0.345. The molecule has 7 nitrogen and oxygen atoms in total. The van der Waals surface area contributed by atoms with Crippen molar-refractivity contribution in [3.63, 3.8) is 0 Å². The van der Waals surface area contributed by atoms with E-state index in [2.05, 4.69) is 15.4 Å². The van der Waals surface area contributed by atoms with Crippen molar-refractivity contribution in [2.24, 2.45) is 0 Å². The molecule has 164 valence electrons. The average molecular weight is 459 g/mol. The van der Waals surface area contributed by atoms with Crippen LogP contribution < -0.4 is 10.1 Å². The Bertz CT molecular complexity index is 1430. The lowest BCUT2D eigenvalue weighted by molar-refractivity contribution is 0.0991. The molecule has 0 saturated carbocycles. The minimum Gasteiger partial charge on any atom is -0.486 e. The molecule has 0 aliphatic rings. The molecule has 0 saturated heterocycles. The molecule has 0 radical (unpaired) electrons. The normalized spacial score (nSPS) is 10.9. The van der Waals surface area contributed by atoms with Crippen LogP contribution in [0.2, 0.25) is 5.02 Å². The van der Waals surface area contributed by atoms with Gasteiger partial charge in [-0.05, 0) is 52.7 Å². The third kappa shape index (κ3) is 5.05. The molecule has 3 aromatic carbocycles. The summed E-state index contributed by atoms with van der Waals surface area (Å²) in [5.41, 5.74) is 0.979. The number of fused-ring (bicyclic) bond motifs is 1. The Morgan fingerprint density at radius 2 is 1.88 bits per heavy atom. The van der Waals surface area contributed by atoms with Crippen LogP contribution in [0.4, 0.5) is 5.95 Å². The van der Waals surface area contributed by atoms with Gasteiger partial charge in [0.15, 0.2) is 5.76 Å². The van der Waals surface area contributed by atoms with Gasteiger partial charge in [0.25, 0.3) is 5.91 Å². The summed E-state index contributed by atoms with van der Waals surface area (Å²) >= 11 is 6.01. The predicted molar refractivity (Wildman–Crippen MR) is 126 cm³/mol. The van der Waals surface area contributed by atoms with Crippen LogP contribution in [0, 0.1) is 0 Å². The van der Waals surface area contributed by atoms with Crippen LogP contribution in [0.1, 0.15) is 21.9 Å². The van der Waals surface area contributed by atoms with Crippen LogP contribution in [-0.4, -0.2) is 20.7 Å². The minimum atomic E-state index is -0.438. The number of rotatable bonds is 7. The zero-order valence-corrected chi connectivity index (χ0v) is 18.2. The predicted octanol–water partition coefficient (Wildman–Crippen LogP) is 5.56. The molecular formula is C25H19ClN4O3. The van der Waals surface area contributed by atoms with Crippen molar-refractivity contribution >= 4 is 34.2 Å². The Balaban J connectivity index is 1.18. The largest absolute Gasteiger partial charge is 0.486 e. The molecule has 0 atom stereocenters. The van der Waals surface area contributed by atoms with E-state index in [1.54, 1.807) is 23.1 Å². The van der Waals surface area contributed by atoms with Gasteiger partial charge in [-0.1, -0.05) is 54.1 Å². The molecule has 0 bridgehead atoms. The lowest BCUT2D eigenvalue weighted by Gasteiger charge is -2.05. The highest BCUT2D eigenvalue weighted by Gasteiger charge is 2.14. The van der Waals surface area contributed by atoms with Crippen molar-refractivity contribution in [2.45, 2.75) is 13.2 Å². The molecule has 2 heterocycles. The van der Waals surface area contributed by atoms with E-state index in [0.717, 1.165) is 22.1 Å². The molecule has 5 rings (SSSR count). The van der Waals surface area contributed by atoms with Crippen LogP contribution in [0.5, 0.6) is 5.75 Å². The van der Waals surface area contributed by atoms with Crippen molar-refractivity contribution in [3.8, 4) is 5.75 Å². The molecule has 8 heteroatoms. The van der Waals surface area contributed by atoms with E-state index in [4.69, 9.17) is 20.8 Å². The second-order valence-corrected chi connectivity index (χ2v) is 7.85. The van der Waals surface area contributed by atoms with Crippen molar-refractivity contribution in [1.29, 1.82) is 0 Å². The van der Waals surface area contributed by atoms with Crippen LogP contribution in [0.15, 0.2) is 89.6 Å². The zero-order chi connectivity index (χ0) is 22.6. The third-order valence-corrected chi connectivity index (χ3v) is 5.22. The standard InChI is InChI=1S/C25H19ClN4O3/c26-20-7-3-4-17(12-20)14-30-16-27-25(29-30)28-24(31)23-11-10-22(33-23)15-32-21-9-8-18-5-1-2-6-19(18)13-21/h1-13,16H,14-15H2,(H,28,29,31). The average Bonchev–Trinajstić information content (AvgIpc) is 3.47. The highest BCUT2D eigenvalue weighted by atomic mass is 35.5. The number of nitrogens with one attached hydrogen (secondary N) is 1. The van der Waals surface area contributed by atoms with Crippen molar-refractivity contribution in [2.75, 3.05) is 5.32 Å². The van der Waals surface area contributed by atoms with Gasteiger partial charge >= 0.3 is 0 Å². The molecule has 0 aliphatic carbocycles. The number of hydrogen-bond acceptors (Lipinski definition) is 5. The topological polar surface area (TPSA) is 82.2 Å². The number of furan rings is 1. The minimum absolute atomic E-state index is 0.151. The number of halogens is 1. The van der Waals surface area contributed by atoms with Gasteiger partial charge in [0.2, 0.25) is 5.95 Å². The Kier molecular flexibility index (Phi) is 5.78. The second kappa shape index (κ2) is 9.18. The highest BCUT2D eigenvalue weighted by molar-refractivity contribution is 6.30. The maximum atomic E-state index is 12.5. The lowest BCUT2D eigenvalue weighted by atomic mass is 10.1.